The van der Waals surface area contributed by atoms with Crippen molar-refractivity contribution >= 4 is 9.84 Å². The molecule has 0 amide bonds. The predicted molar refractivity (Wildman–Crippen MR) is 109 cm³/mol. The zero-order valence-corrected chi connectivity index (χ0v) is 18.1. The van der Waals surface area contributed by atoms with E-state index < -0.39 is 15.1 Å². The van der Waals surface area contributed by atoms with Crippen LogP contribution >= 0.6 is 0 Å². The van der Waals surface area contributed by atoms with Crippen LogP contribution < -0.4 is 0 Å². The summed E-state index contributed by atoms with van der Waals surface area (Å²) < 4.78 is 25.7. The fraction of sp³-hybridized carbons (Fsp3) is 0.591. The third kappa shape index (κ3) is 4.55. The van der Waals surface area contributed by atoms with Crippen LogP contribution in [-0.2, 0) is 27.1 Å². The van der Waals surface area contributed by atoms with E-state index in [1.807, 2.05) is 59.7 Å². The van der Waals surface area contributed by atoms with Crippen molar-refractivity contribution in [3.05, 3.63) is 39.8 Å². The smallest absolute Gasteiger partial charge is 0.190 e. The minimum atomic E-state index is -3.62. The first-order valence-electron chi connectivity index (χ1n) is 9.48. The highest BCUT2D eigenvalue weighted by Gasteiger charge is 2.32. The normalized spacial score (nSPS) is 16.7. The molecule has 1 aliphatic carbocycles. The monoisotopic (exact) mass is 389 g/mol. The molecule has 5 heteroatoms. The van der Waals surface area contributed by atoms with Crippen LogP contribution in [0.4, 0.5) is 0 Å². The van der Waals surface area contributed by atoms with Gasteiger partial charge in [0.1, 0.15) is 5.75 Å². The van der Waals surface area contributed by atoms with E-state index in [0.717, 1.165) is 29.5 Å². The third-order valence-electron chi connectivity index (χ3n) is 5.09. The van der Waals surface area contributed by atoms with E-state index in [1.54, 1.807) is 6.08 Å². The van der Waals surface area contributed by atoms with Gasteiger partial charge in [0.25, 0.3) is 0 Å². The van der Waals surface area contributed by atoms with E-state index in [1.165, 1.54) is 0 Å². The molecule has 1 N–H and O–H groups in total. The van der Waals surface area contributed by atoms with Crippen molar-refractivity contribution in [3.8, 4) is 11.8 Å². The van der Waals surface area contributed by atoms with E-state index in [0.29, 0.717) is 11.3 Å². The molecule has 0 spiro atoms. The molecule has 1 aromatic carbocycles. The lowest BCUT2D eigenvalue weighted by Gasteiger charge is -2.28. The average molecular weight is 390 g/mol. The average Bonchev–Trinajstić information content (AvgIpc) is 3.06. The van der Waals surface area contributed by atoms with Gasteiger partial charge in [-0.3, -0.25) is 0 Å². The highest BCUT2D eigenvalue weighted by molar-refractivity contribution is 7.96. The Bertz CT molecular complexity index is 856. The molecule has 2 rings (SSSR count). The van der Waals surface area contributed by atoms with Crippen LogP contribution in [0.1, 0.15) is 77.5 Å². The van der Waals surface area contributed by atoms with Crippen molar-refractivity contribution in [3.63, 3.8) is 0 Å². The summed E-state index contributed by atoms with van der Waals surface area (Å²) >= 11 is 0. The molecule has 0 bridgehead atoms. The number of phenols is 1. The van der Waals surface area contributed by atoms with Crippen LogP contribution in [0.3, 0.4) is 0 Å². The van der Waals surface area contributed by atoms with Crippen LogP contribution in [0.5, 0.6) is 5.75 Å². The topological polar surface area (TPSA) is 78.2 Å². The summed E-state index contributed by atoms with van der Waals surface area (Å²) in [5, 5.41) is 19.3. The van der Waals surface area contributed by atoms with Crippen molar-refractivity contribution in [2.75, 3.05) is 0 Å². The largest absolute Gasteiger partial charge is 0.507 e. The lowest BCUT2D eigenvalue weighted by atomic mass is 9.78. The fourth-order valence-corrected chi connectivity index (χ4v) is 5.17. The van der Waals surface area contributed by atoms with Crippen LogP contribution in [-0.4, -0.2) is 18.8 Å². The number of allylic oxidation sites excluding steroid dienone is 2. The van der Waals surface area contributed by atoms with Gasteiger partial charge < -0.3 is 5.11 Å². The summed E-state index contributed by atoms with van der Waals surface area (Å²) in [6.45, 7) is 12.1. The highest BCUT2D eigenvalue weighted by Crippen LogP contribution is 2.40. The van der Waals surface area contributed by atoms with Crippen molar-refractivity contribution < 1.29 is 13.5 Å². The molecule has 0 radical (unpaired) electrons. The first kappa shape index (κ1) is 21.5. The maximum absolute atomic E-state index is 12.9. The molecule has 1 aromatic rings. The number of sulfone groups is 1. The number of nitriles is 1. The second-order valence-corrected chi connectivity index (χ2v) is 11.7. The van der Waals surface area contributed by atoms with Gasteiger partial charge in [0, 0.05) is 11.3 Å². The highest BCUT2D eigenvalue weighted by atomic mass is 32.2. The van der Waals surface area contributed by atoms with Crippen LogP contribution in [0.15, 0.2) is 23.1 Å². The lowest BCUT2D eigenvalue weighted by molar-refractivity contribution is 0.422. The van der Waals surface area contributed by atoms with Crippen molar-refractivity contribution in [2.45, 2.75) is 83.3 Å². The summed E-state index contributed by atoms with van der Waals surface area (Å²) in [6.07, 6.45) is 3.99. The molecule has 0 aromatic heterocycles. The van der Waals surface area contributed by atoms with Gasteiger partial charge in [0.05, 0.1) is 6.07 Å². The minimum absolute atomic E-state index is 0.128. The number of rotatable bonds is 4. The Morgan fingerprint density at radius 1 is 1.11 bits per heavy atom. The van der Waals surface area contributed by atoms with E-state index in [4.69, 9.17) is 0 Å². The van der Waals surface area contributed by atoms with Crippen LogP contribution in [0.25, 0.3) is 0 Å². The van der Waals surface area contributed by atoms with E-state index in [-0.39, 0.29) is 23.0 Å². The Balaban J connectivity index is 2.53. The van der Waals surface area contributed by atoms with E-state index >= 15 is 0 Å². The van der Waals surface area contributed by atoms with Gasteiger partial charge in [0.2, 0.25) is 0 Å². The first-order valence-corrected chi connectivity index (χ1v) is 11.0. The zero-order valence-electron chi connectivity index (χ0n) is 17.3. The quantitative estimate of drug-likeness (QED) is 0.794. The summed E-state index contributed by atoms with van der Waals surface area (Å²) in [6, 6.07) is 5.72. The summed E-state index contributed by atoms with van der Waals surface area (Å²) in [4.78, 5) is 0.403. The number of hydrogen-bond donors (Lipinski definition) is 1. The standard InChI is InChI=1S/C22H31NO3S/c1-21(2,3)18-12-15(13-19(20(18)24)22(4,5)6)11-17(14-23)27(25,26)16-9-7-8-10-16/h9,12-13,17,24H,7-8,10-11H2,1-6H3. The second-order valence-electron chi connectivity index (χ2n) is 9.47. The molecular formula is C22H31NO3S. The summed E-state index contributed by atoms with van der Waals surface area (Å²) in [5.41, 5.74) is 1.74. The number of phenolic OH excluding ortho intramolecular Hbond substituents is 1. The number of aromatic hydroxyl groups is 1. The molecular weight excluding hydrogens is 358 g/mol. The van der Waals surface area contributed by atoms with Crippen molar-refractivity contribution in [1.82, 2.24) is 0 Å². The van der Waals surface area contributed by atoms with Crippen molar-refractivity contribution in [2.24, 2.45) is 0 Å². The van der Waals surface area contributed by atoms with Gasteiger partial charge in [-0.25, -0.2) is 8.42 Å². The molecule has 1 unspecified atom stereocenters. The van der Waals surface area contributed by atoms with Gasteiger partial charge in [0.15, 0.2) is 15.1 Å². The number of hydrogen-bond acceptors (Lipinski definition) is 4. The Hall–Kier alpha value is -1.80. The van der Waals surface area contributed by atoms with E-state index in [2.05, 4.69) is 0 Å². The molecule has 148 valence electrons. The third-order valence-corrected chi connectivity index (χ3v) is 7.21. The fourth-order valence-electron chi connectivity index (χ4n) is 3.48. The Morgan fingerprint density at radius 3 is 2.00 bits per heavy atom. The Labute approximate surface area is 163 Å². The SMILES string of the molecule is CC(C)(C)c1cc(CC(C#N)S(=O)(=O)C2=CCCC2)cc(C(C)(C)C)c1O. The molecule has 0 heterocycles. The summed E-state index contributed by atoms with van der Waals surface area (Å²) in [7, 11) is -3.62. The van der Waals surface area contributed by atoms with Gasteiger partial charge in [-0.2, -0.15) is 5.26 Å². The van der Waals surface area contributed by atoms with Gasteiger partial charge in [-0.1, -0.05) is 59.8 Å². The Kier molecular flexibility index (Phi) is 5.82. The minimum Gasteiger partial charge on any atom is -0.507 e. The molecule has 0 saturated heterocycles. The molecule has 4 nitrogen and oxygen atoms in total. The molecule has 0 fully saturated rings. The van der Waals surface area contributed by atoms with Crippen LogP contribution in [0, 0.1) is 11.3 Å². The molecule has 27 heavy (non-hydrogen) atoms. The lowest BCUT2D eigenvalue weighted by Crippen LogP contribution is -2.24. The molecule has 0 saturated carbocycles. The Morgan fingerprint density at radius 2 is 1.63 bits per heavy atom. The van der Waals surface area contributed by atoms with E-state index in [9.17, 15) is 18.8 Å². The predicted octanol–water partition coefficient (Wildman–Crippen LogP) is 4.90. The van der Waals surface area contributed by atoms with Gasteiger partial charge in [-0.05, 0) is 46.8 Å². The molecule has 1 aliphatic rings. The van der Waals surface area contributed by atoms with Crippen LogP contribution in [0.2, 0.25) is 0 Å². The van der Waals surface area contributed by atoms with Crippen molar-refractivity contribution in [1.29, 1.82) is 5.26 Å². The first-order chi connectivity index (χ1) is 12.3. The van der Waals surface area contributed by atoms with Gasteiger partial charge in [-0.15, -0.1) is 0 Å². The second kappa shape index (κ2) is 7.31. The zero-order chi connectivity index (χ0) is 20.6. The molecule has 0 aliphatic heterocycles. The van der Waals surface area contributed by atoms with Gasteiger partial charge >= 0.3 is 0 Å². The summed E-state index contributed by atoms with van der Waals surface area (Å²) in [5.74, 6) is 0.258. The maximum atomic E-state index is 12.9. The number of benzene rings is 1. The molecule has 1 atom stereocenters. The maximum Gasteiger partial charge on any atom is 0.190 e. The number of nitrogens with zero attached hydrogens (tertiary/aromatic N) is 1.